The molecule has 0 aliphatic heterocycles. The van der Waals surface area contributed by atoms with Gasteiger partial charge in [-0.15, -0.1) is 0 Å². The normalized spacial score (nSPS) is 9.12. The SMILES string of the molecule is [CH3][Sn][c]1ccnnn1. The molecule has 0 atom stereocenters. The van der Waals surface area contributed by atoms with Gasteiger partial charge in [0.1, 0.15) is 0 Å². The quantitative estimate of drug-likeness (QED) is 0.577. The number of aromatic nitrogens is 3. The van der Waals surface area contributed by atoms with Crippen LogP contribution >= 0.6 is 0 Å². The van der Waals surface area contributed by atoms with E-state index >= 15 is 0 Å². The van der Waals surface area contributed by atoms with Gasteiger partial charge in [0.05, 0.1) is 0 Å². The number of rotatable bonds is 1. The molecule has 8 heavy (non-hydrogen) atoms. The zero-order valence-electron chi connectivity index (χ0n) is 4.50. The first-order chi connectivity index (χ1) is 3.93. The van der Waals surface area contributed by atoms with Gasteiger partial charge in [-0.05, 0) is 0 Å². The van der Waals surface area contributed by atoms with Crippen molar-refractivity contribution in [2.75, 3.05) is 0 Å². The average Bonchev–Trinajstić information content (AvgIpc) is 1.90. The number of hydrogen-bond acceptors (Lipinski definition) is 3. The minimum absolute atomic E-state index is 0.357. The average molecular weight is 214 g/mol. The van der Waals surface area contributed by atoms with Crippen molar-refractivity contribution in [3.05, 3.63) is 12.3 Å². The zero-order valence-corrected chi connectivity index (χ0v) is 7.35. The molecule has 2 radical (unpaired) electrons. The number of nitrogens with zero attached hydrogens (tertiary/aromatic N) is 3. The van der Waals surface area contributed by atoms with Crippen LogP contribution in [-0.2, 0) is 0 Å². The van der Waals surface area contributed by atoms with Crippen molar-refractivity contribution in [2.24, 2.45) is 0 Å². The second-order valence-electron chi connectivity index (χ2n) is 1.26. The van der Waals surface area contributed by atoms with Crippen molar-refractivity contribution in [3.63, 3.8) is 0 Å². The molecule has 0 spiro atoms. The van der Waals surface area contributed by atoms with Gasteiger partial charge in [-0.1, -0.05) is 0 Å². The van der Waals surface area contributed by atoms with Crippen LogP contribution in [0.3, 0.4) is 0 Å². The first-order valence-corrected chi connectivity index (χ1v) is 6.53. The standard InChI is InChI=1S/C3H2N3.CH3.Sn/c1-2-4-6-5-3-1;;/h1-2H;1H3;. The number of hydrogen-bond donors (Lipinski definition) is 0. The summed E-state index contributed by atoms with van der Waals surface area (Å²) in [5.74, 6) is 0. The predicted octanol–water partition coefficient (Wildman–Crippen LogP) is -0.751. The molecule has 0 N–H and O–H groups in total. The van der Waals surface area contributed by atoms with E-state index in [9.17, 15) is 0 Å². The van der Waals surface area contributed by atoms with E-state index in [1.807, 2.05) is 6.07 Å². The van der Waals surface area contributed by atoms with Crippen LogP contribution in [0.1, 0.15) is 0 Å². The molecule has 0 bridgehead atoms. The van der Waals surface area contributed by atoms with E-state index in [1.165, 1.54) is 0 Å². The summed E-state index contributed by atoms with van der Waals surface area (Å²) < 4.78 is 1.16. The molecular formula is C4H5N3Sn. The second-order valence-corrected chi connectivity index (χ2v) is 4.15. The monoisotopic (exact) mass is 215 g/mol. The molecule has 0 saturated carbocycles. The molecular weight excluding hydrogens is 209 g/mol. The Bertz CT molecular complexity index is 153. The molecule has 0 aliphatic carbocycles. The minimum atomic E-state index is -0.357. The molecule has 0 amide bonds. The Kier molecular flexibility index (Phi) is 2.20. The predicted molar refractivity (Wildman–Crippen MR) is 31.1 cm³/mol. The summed E-state index contributed by atoms with van der Waals surface area (Å²) >= 11 is -0.357. The van der Waals surface area contributed by atoms with Crippen molar-refractivity contribution in [2.45, 2.75) is 4.94 Å². The molecule has 1 aromatic heterocycles. The Labute approximate surface area is 57.7 Å². The van der Waals surface area contributed by atoms with Gasteiger partial charge in [0.15, 0.2) is 0 Å². The third kappa shape index (κ3) is 1.40. The van der Waals surface area contributed by atoms with E-state index < -0.39 is 0 Å². The van der Waals surface area contributed by atoms with Crippen molar-refractivity contribution < 1.29 is 0 Å². The molecule has 0 aromatic carbocycles. The zero-order chi connectivity index (χ0) is 5.82. The van der Waals surface area contributed by atoms with E-state index in [4.69, 9.17) is 0 Å². The molecule has 3 nitrogen and oxygen atoms in total. The Morgan fingerprint density at radius 2 is 2.50 bits per heavy atom. The summed E-state index contributed by atoms with van der Waals surface area (Å²) in [5, 5.41) is 10.9. The molecule has 4 heteroatoms. The molecule has 0 unspecified atom stereocenters. The molecule has 1 rings (SSSR count). The first kappa shape index (κ1) is 5.94. The van der Waals surface area contributed by atoms with Gasteiger partial charge in [-0.2, -0.15) is 0 Å². The van der Waals surface area contributed by atoms with Crippen LogP contribution in [0.5, 0.6) is 0 Å². The topological polar surface area (TPSA) is 38.7 Å². The van der Waals surface area contributed by atoms with Crippen molar-refractivity contribution in [1.82, 2.24) is 15.4 Å². The third-order valence-corrected chi connectivity index (χ3v) is 2.98. The van der Waals surface area contributed by atoms with E-state index in [0.717, 1.165) is 3.71 Å². The third-order valence-electron chi connectivity index (χ3n) is 0.759. The van der Waals surface area contributed by atoms with Crippen LogP contribution in [0, 0.1) is 0 Å². The van der Waals surface area contributed by atoms with E-state index in [2.05, 4.69) is 20.4 Å². The molecule has 0 aliphatic rings. The van der Waals surface area contributed by atoms with E-state index in [0.29, 0.717) is 0 Å². The van der Waals surface area contributed by atoms with Crippen LogP contribution in [0.15, 0.2) is 12.3 Å². The van der Waals surface area contributed by atoms with Gasteiger partial charge in [0, 0.05) is 0 Å². The van der Waals surface area contributed by atoms with Crippen molar-refractivity contribution >= 4 is 24.9 Å². The Morgan fingerprint density at radius 3 is 2.88 bits per heavy atom. The van der Waals surface area contributed by atoms with Gasteiger partial charge >= 0.3 is 57.5 Å². The summed E-state index contributed by atoms with van der Waals surface area (Å²) in [5.41, 5.74) is 0. The molecule has 40 valence electrons. The Morgan fingerprint density at radius 1 is 1.62 bits per heavy atom. The molecule has 1 aromatic rings. The van der Waals surface area contributed by atoms with Gasteiger partial charge in [-0.3, -0.25) is 0 Å². The van der Waals surface area contributed by atoms with Crippen LogP contribution < -0.4 is 3.71 Å². The first-order valence-electron chi connectivity index (χ1n) is 2.25. The van der Waals surface area contributed by atoms with Crippen LogP contribution in [0.4, 0.5) is 0 Å². The summed E-state index contributed by atoms with van der Waals surface area (Å²) in [7, 11) is 0. The maximum atomic E-state index is 3.81. The van der Waals surface area contributed by atoms with Crippen LogP contribution in [0.2, 0.25) is 4.94 Å². The summed E-state index contributed by atoms with van der Waals surface area (Å²) in [6, 6.07) is 1.93. The van der Waals surface area contributed by atoms with Gasteiger partial charge in [0.25, 0.3) is 0 Å². The maximum absolute atomic E-state index is 3.81. The fraction of sp³-hybridized carbons (Fsp3) is 0.250. The van der Waals surface area contributed by atoms with Gasteiger partial charge in [0.2, 0.25) is 0 Å². The molecule has 1 heterocycles. The van der Waals surface area contributed by atoms with E-state index in [-0.39, 0.29) is 21.1 Å². The summed E-state index contributed by atoms with van der Waals surface area (Å²) in [6.45, 7) is 0. The molecule has 0 fully saturated rings. The summed E-state index contributed by atoms with van der Waals surface area (Å²) in [4.78, 5) is 2.20. The van der Waals surface area contributed by atoms with Gasteiger partial charge in [-0.25, -0.2) is 0 Å². The van der Waals surface area contributed by atoms with Crippen molar-refractivity contribution in [1.29, 1.82) is 0 Å². The van der Waals surface area contributed by atoms with Crippen molar-refractivity contribution in [3.8, 4) is 0 Å². The van der Waals surface area contributed by atoms with Crippen LogP contribution in [-0.4, -0.2) is 36.6 Å². The fourth-order valence-corrected chi connectivity index (χ4v) is 1.48. The second kappa shape index (κ2) is 2.96. The van der Waals surface area contributed by atoms with Gasteiger partial charge < -0.3 is 0 Å². The fourth-order valence-electron chi connectivity index (χ4n) is 0.374. The van der Waals surface area contributed by atoms with E-state index in [1.54, 1.807) is 6.20 Å². The Hall–Kier alpha value is -0.191. The Balaban J connectivity index is 2.83. The van der Waals surface area contributed by atoms with Crippen LogP contribution in [0.25, 0.3) is 0 Å². The molecule has 0 saturated heterocycles. The summed E-state index contributed by atoms with van der Waals surface area (Å²) in [6.07, 6.45) is 1.69.